The van der Waals surface area contributed by atoms with E-state index < -0.39 is 5.97 Å². The SMILES string of the molecule is CCOC(=O)C#Cc1cscn1. The topological polar surface area (TPSA) is 39.2 Å². The molecule has 1 rings (SSSR count). The first kappa shape index (κ1) is 8.75. The first-order valence-electron chi connectivity index (χ1n) is 3.40. The van der Waals surface area contributed by atoms with E-state index >= 15 is 0 Å². The van der Waals surface area contributed by atoms with Crippen LogP contribution in [0.2, 0.25) is 0 Å². The molecule has 0 amide bonds. The minimum Gasteiger partial charge on any atom is -0.456 e. The summed E-state index contributed by atoms with van der Waals surface area (Å²) in [6.45, 7) is 2.09. The molecule has 0 spiro atoms. The van der Waals surface area contributed by atoms with Crippen LogP contribution in [-0.2, 0) is 9.53 Å². The second-order valence-electron chi connectivity index (χ2n) is 1.84. The normalized spacial score (nSPS) is 8.42. The van der Waals surface area contributed by atoms with Gasteiger partial charge in [0.25, 0.3) is 0 Å². The van der Waals surface area contributed by atoms with E-state index in [9.17, 15) is 4.79 Å². The van der Waals surface area contributed by atoms with Crippen LogP contribution < -0.4 is 0 Å². The molecule has 1 heterocycles. The van der Waals surface area contributed by atoms with Gasteiger partial charge in [0.2, 0.25) is 0 Å². The molecule has 0 aromatic carbocycles. The Morgan fingerprint density at radius 1 is 1.83 bits per heavy atom. The van der Waals surface area contributed by atoms with E-state index in [2.05, 4.69) is 21.6 Å². The quantitative estimate of drug-likeness (QED) is 0.480. The average molecular weight is 181 g/mol. The van der Waals surface area contributed by atoms with E-state index in [1.54, 1.807) is 17.8 Å². The minimum absolute atomic E-state index is 0.352. The lowest BCUT2D eigenvalue weighted by Crippen LogP contribution is -1.99. The van der Waals surface area contributed by atoms with Gasteiger partial charge in [-0.05, 0) is 12.8 Å². The molecule has 0 unspecified atom stereocenters. The molecule has 1 aromatic heterocycles. The summed E-state index contributed by atoms with van der Waals surface area (Å²) in [6, 6.07) is 0. The van der Waals surface area contributed by atoms with Gasteiger partial charge >= 0.3 is 5.97 Å². The van der Waals surface area contributed by atoms with Gasteiger partial charge < -0.3 is 4.74 Å². The maximum Gasteiger partial charge on any atom is 0.384 e. The zero-order valence-electron chi connectivity index (χ0n) is 6.53. The third-order valence-corrected chi connectivity index (χ3v) is 1.59. The lowest BCUT2D eigenvalue weighted by Gasteiger charge is -1.89. The van der Waals surface area contributed by atoms with Crippen molar-refractivity contribution in [1.82, 2.24) is 4.98 Å². The van der Waals surface area contributed by atoms with E-state index in [0.29, 0.717) is 12.3 Å². The van der Waals surface area contributed by atoms with Gasteiger partial charge in [-0.15, -0.1) is 11.3 Å². The number of carbonyl (C=O) groups is 1. The van der Waals surface area contributed by atoms with Crippen LogP contribution in [0, 0.1) is 11.8 Å². The van der Waals surface area contributed by atoms with Crippen molar-refractivity contribution in [2.24, 2.45) is 0 Å². The Morgan fingerprint density at radius 2 is 2.67 bits per heavy atom. The smallest absolute Gasteiger partial charge is 0.384 e. The standard InChI is InChI=1S/C8H7NO2S/c1-2-11-8(10)4-3-7-5-12-6-9-7/h5-6H,2H2,1H3. The number of nitrogens with zero attached hydrogens (tertiary/aromatic N) is 1. The van der Waals surface area contributed by atoms with Gasteiger partial charge in [-0.25, -0.2) is 9.78 Å². The van der Waals surface area contributed by atoms with E-state index in [-0.39, 0.29) is 0 Å². The Kier molecular flexibility index (Phi) is 3.30. The molecular formula is C8H7NO2S. The van der Waals surface area contributed by atoms with Crippen molar-refractivity contribution in [2.45, 2.75) is 6.92 Å². The van der Waals surface area contributed by atoms with Crippen molar-refractivity contribution in [3.63, 3.8) is 0 Å². The average Bonchev–Trinajstić information content (AvgIpc) is 2.53. The van der Waals surface area contributed by atoms with Crippen LogP contribution in [0.5, 0.6) is 0 Å². The number of carbonyl (C=O) groups excluding carboxylic acids is 1. The van der Waals surface area contributed by atoms with Gasteiger partial charge in [-0.1, -0.05) is 0 Å². The van der Waals surface area contributed by atoms with Crippen LogP contribution in [0.4, 0.5) is 0 Å². The monoisotopic (exact) mass is 181 g/mol. The Morgan fingerprint density at radius 3 is 3.25 bits per heavy atom. The Hall–Kier alpha value is -1.34. The van der Waals surface area contributed by atoms with Crippen LogP contribution in [0.1, 0.15) is 12.6 Å². The first-order valence-corrected chi connectivity index (χ1v) is 4.34. The summed E-state index contributed by atoms with van der Waals surface area (Å²) in [6.07, 6.45) is 0. The molecule has 4 heteroatoms. The van der Waals surface area contributed by atoms with Crippen LogP contribution >= 0.6 is 11.3 Å². The molecule has 0 aliphatic carbocycles. The third kappa shape index (κ3) is 2.72. The van der Waals surface area contributed by atoms with Crippen molar-refractivity contribution in [1.29, 1.82) is 0 Å². The second kappa shape index (κ2) is 4.52. The zero-order chi connectivity index (χ0) is 8.81. The molecule has 0 aliphatic heterocycles. The highest BCUT2D eigenvalue weighted by Crippen LogP contribution is 1.97. The van der Waals surface area contributed by atoms with E-state index in [1.165, 1.54) is 11.3 Å². The number of aromatic nitrogens is 1. The molecule has 0 atom stereocenters. The lowest BCUT2D eigenvalue weighted by molar-refractivity contribution is -0.136. The molecule has 3 nitrogen and oxygen atoms in total. The summed E-state index contributed by atoms with van der Waals surface area (Å²) < 4.78 is 4.60. The van der Waals surface area contributed by atoms with E-state index in [0.717, 1.165) is 0 Å². The van der Waals surface area contributed by atoms with Crippen molar-refractivity contribution < 1.29 is 9.53 Å². The van der Waals surface area contributed by atoms with Crippen LogP contribution in [0.3, 0.4) is 0 Å². The molecule has 0 radical (unpaired) electrons. The maximum absolute atomic E-state index is 10.7. The van der Waals surface area contributed by atoms with Crippen molar-refractivity contribution in [3.8, 4) is 11.8 Å². The number of esters is 1. The van der Waals surface area contributed by atoms with Gasteiger partial charge in [0, 0.05) is 11.3 Å². The van der Waals surface area contributed by atoms with E-state index in [1.807, 2.05) is 0 Å². The van der Waals surface area contributed by atoms with E-state index in [4.69, 9.17) is 0 Å². The number of thiazole rings is 1. The minimum atomic E-state index is -0.509. The zero-order valence-corrected chi connectivity index (χ0v) is 7.35. The Balaban J connectivity index is 2.54. The van der Waals surface area contributed by atoms with Gasteiger partial charge in [0.1, 0.15) is 5.69 Å². The van der Waals surface area contributed by atoms with Crippen molar-refractivity contribution in [3.05, 3.63) is 16.6 Å². The largest absolute Gasteiger partial charge is 0.456 e. The fourth-order valence-corrected chi connectivity index (χ4v) is 1.04. The Bertz CT molecular complexity index is 308. The van der Waals surface area contributed by atoms with Crippen LogP contribution in [-0.4, -0.2) is 17.6 Å². The summed E-state index contributed by atoms with van der Waals surface area (Å²) >= 11 is 1.44. The fraction of sp³-hybridized carbons (Fsp3) is 0.250. The first-order chi connectivity index (χ1) is 5.83. The number of rotatable bonds is 1. The predicted molar refractivity (Wildman–Crippen MR) is 45.6 cm³/mol. The maximum atomic E-state index is 10.7. The van der Waals surface area contributed by atoms with Crippen LogP contribution in [0.15, 0.2) is 10.9 Å². The molecule has 0 aliphatic rings. The van der Waals surface area contributed by atoms with Crippen LogP contribution in [0.25, 0.3) is 0 Å². The lowest BCUT2D eigenvalue weighted by atomic mass is 10.5. The van der Waals surface area contributed by atoms with Crippen molar-refractivity contribution in [2.75, 3.05) is 6.61 Å². The molecule has 12 heavy (non-hydrogen) atoms. The summed E-state index contributed by atoms with van der Waals surface area (Å²) in [5, 5.41) is 1.77. The van der Waals surface area contributed by atoms with Gasteiger partial charge in [-0.2, -0.15) is 0 Å². The summed E-state index contributed by atoms with van der Waals surface area (Å²) in [7, 11) is 0. The molecule has 0 fully saturated rings. The Labute approximate surface area is 74.4 Å². The van der Waals surface area contributed by atoms with Gasteiger partial charge in [0.15, 0.2) is 0 Å². The highest BCUT2D eigenvalue weighted by Gasteiger charge is 1.92. The third-order valence-electron chi connectivity index (χ3n) is 1.00. The highest BCUT2D eigenvalue weighted by molar-refractivity contribution is 7.07. The van der Waals surface area contributed by atoms with Gasteiger partial charge in [0.05, 0.1) is 12.1 Å². The van der Waals surface area contributed by atoms with Crippen molar-refractivity contribution >= 4 is 17.3 Å². The summed E-state index contributed by atoms with van der Waals surface area (Å²) in [4.78, 5) is 14.6. The summed E-state index contributed by atoms with van der Waals surface area (Å²) in [5.41, 5.74) is 2.27. The molecule has 0 saturated carbocycles. The molecular weight excluding hydrogens is 174 g/mol. The van der Waals surface area contributed by atoms with Gasteiger partial charge in [-0.3, -0.25) is 0 Å². The molecule has 0 N–H and O–H groups in total. The number of hydrogen-bond acceptors (Lipinski definition) is 4. The molecule has 1 aromatic rings. The molecule has 0 bridgehead atoms. The second-order valence-corrected chi connectivity index (χ2v) is 2.56. The molecule has 0 saturated heterocycles. The molecule has 62 valence electrons. The highest BCUT2D eigenvalue weighted by atomic mass is 32.1. The number of ether oxygens (including phenoxy) is 1. The summed E-state index contributed by atoms with van der Waals surface area (Å²) in [5.74, 6) is 4.39. The fourth-order valence-electron chi connectivity index (χ4n) is 0.557. The predicted octanol–water partition coefficient (Wildman–Crippen LogP) is 1.06. The number of hydrogen-bond donors (Lipinski definition) is 0.